The van der Waals surface area contributed by atoms with Crippen LogP contribution in [0.4, 0.5) is 0 Å². The Morgan fingerprint density at radius 1 is 1.26 bits per heavy atom. The van der Waals surface area contributed by atoms with Gasteiger partial charge in [0.25, 0.3) is 0 Å². The summed E-state index contributed by atoms with van der Waals surface area (Å²) in [5.41, 5.74) is 2.60. The lowest BCUT2D eigenvalue weighted by Gasteiger charge is -2.21. The number of unbranched alkanes of at least 4 members (excludes halogenated alkanes) is 1. The minimum atomic E-state index is 0.547. The first-order valence-corrected chi connectivity index (χ1v) is 7.92. The number of hydrogen-bond donors (Lipinski definition) is 1. The number of nitrogens with one attached hydrogen (secondary N) is 1. The predicted molar refractivity (Wildman–Crippen MR) is 82.6 cm³/mol. The van der Waals surface area contributed by atoms with Crippen molar-refractivity contribution in [3.05, 3.63) is 17.5 Å². The molecule has 0 saturated heterocycles. The van der Waals surface area contributed by atoms with Crippen LogP contribution in [0.1, 0.15) is 65.3 Å². The third kappa shape index (κ3) is 5.35. The van der Waals surface area contributed by atoms with E-state index in [1.165, 1.54) is 30.7 Å². The average molecular weight is 265 g/mol. The zero-order chi connectivity index (χ0) is 14.3. The highest BCUT2D eigenvalue weighted by atomic mass is 15.3. The maximum atomic E-state index is 4.65. The Morgan fingerprint density at radius 3 is 2.53 bits per heavy atom. The van der Waals surface area contributed by atoms with E-state index in [4.69, 9.17) is 0 Å². The van der Waals surface area contributed by atoms with Gasteiger partial charge in [-0.3, -0.25) is 4.68 Å². The van der Waals surface area contributed by atoms with Crippen molar-refractivity contribution in [3.8, 4) is 0 Å². The van der Waals surface area contributed by atoms with E-state index in [-0.39, 0.29) is 0 Å². The number of nitrogens with zero attached hydrogens (tertiary/aromatic N) is 2. The normalized spacial score (nSPS) is 13.2. The van der Waals surface area contributed by atoms with Gasteiger partial charge in [0.2, 0.25) is 0 Å². The van der Waals surface area contributed by atoms with Gasteiger partial charge in [-0.2, -0.15) is 5.10 Å². The molecular weight excluding hydrogens is 234 g/mol. The molecule has 0 aliphatic carbocycles. The van der Waals surface area contributed by atoms with Gasteiger partial charge >= 0.3 is 0 Å². The Labute approximate surface area is 118 Å². The average Bonchev–Trinajstić information content (AvgIpc) is 2.77. The smallest absolute Gasteiger partial charge is 0.0624 e. The van der Waals surface area contributed by atoms with Crippen molar-refractivity contribution in [1.29, 1.82) is 0 Å². The zero-order valence-electron chi connectivity index (χ0n) is 13.4. The first-order chi connectivity index (χ1) is 9.10. The van der Waals surface area contributed by atoms with Crippen LogP contribution < -0.4 is 5.32 Å². The summed E-state index contributed by atoms with van der Waals surface area (Å²) < 4.78 is 2.17. The van der Waals surface area contributed by atoms with Crippen molar-refractivity contribution in [1.82, 2.24) is 15.1 Å². The fourth-order valence-corrected chi connectivity index (χ4v) is 2.54. The van der Waals surface area contributed by atoms with Gasteiger partial charge in [0.1, 0.15) is 0 Å². The maximum Gasteiger partial charge on any atom is 0.0624 e. The van der Waals surface area contributed by atoms with Gasteiger partial charge in [-0.05, 0) is 25.8 Å². The molecule has 1 atom stereocenters. The van der Waals surface area contributed by atoms with Gasteiger partial charge in [-0.25, -0.2) is 0 Å². The standard InChI is InChI=1S/C16H31N3/c1-6-9-10-15(17-13(4)5)12-16-11-14(7-2)18-19(16)8-3/h11,13,15,17H,6-10,12H2,1-5H3. The molecule has 0 radical (unpaired) electrons. The van der Waals surface area contributed by atoms with Crippen molar-refractivity contribution in [2.45, 2.75) is 85.4 Å². The summed E-state index contributed by atoms with van der Waals surface area (Å²) in [6.45, 7) is 12.0. The third-order valence-corrected chi connectivity index (χ3v) is 3.51. The van der Waals surface area contributed by atoms with Crippen molar-refractivity contribution in [2.24, 2.45) is 0 Å². The van der Waals surface area contributed by atoms with Crippen LogP contribution in [-0.2, 0) is 19.4 Å². The molecule has 0 amide bonds. The fraction of sp³-hybridized carbons (Fsp3) is 0.812. The molecule has 0 aliphatic rings. The highest BCUT2D eigenvalue weighted by Gasteiger charge is 2.14. The van der Waals surface area contributed by atoms with Gasteiger partial charge in [0.15, 0.2) is 0 Å². The molecule has 1 unspecified atom stereocenters. The summed E-state index contributed by atoms with van der Waals surface area (Å²) in [5, 5.41) is 8.35. The van der Waals surface area contributed by atoms with Gasteiger partial charge in [-0.15, -0.1) is 0 Å². The molecule has 0 aliphatic heterocycles. The Kier molecular flexibility index (Phi) is 7.14. The van der Waals surface area contributed by atoms with Crippen molar-refractivity contribution in [2.75, 3.05) is 0 Å². The number of aryl methyl sites for hydroxylation is 2. The van der Waals surface area contributed by atoms with Crippen molar-refractivity contribution < 1.29 is 0 Å². The number of rotatable bonds is 9. The molecule has 19 heavy (non-hydrogen) atoms. The molecule has 1 N–H and O–H groups in total. The van der Waals surface area contributed by atoms with Gasteiger partial charge in [0.05, 0.1) is 5.69 Å². The van der Waals surface area contributed by atoms with Crippen LogP contribution in [0.2, 0.25) is 0 Å². The van der Waals surface area contributed by atoms with Crippen LogP contribution in [0.25, 0.3) is 0 Å². The second-order valence-electron chi connectivity index (χ2n) is 5.66. The minimum Gasteiger partial charge on any atom is -0.311 e. The first-order valence-electron chi connectivity index (χ1n) is 7.92. The number of aromatic nitrogens is 2. The molecule has 0 fully saturated rings. The molecule has 0 bridgehead atoms. The van der Waals surface area contributed by atoms with Gasteiger partial charge in [-0.1, -0.05) is 40.5 Å². The second kappa shape index (κ2) is 8.36. The lowest BCUT2D eigenvalue weighted by molar-refractivity contribution is 0.414. The molecule has 1 aromatic heterocycles. The monoisotopic (exact) mass is 265 g/mol. The summed E-state index contributed by atoms with van der Waals surface area (Å²) in [6.07, 6.45) is 5.94. The molecule has 1 heterocycles. The van der Waals surface area contributed by atoms with E-state index < -0.39 is 0 Å². The van der Waals surface area contributed by atoms with E-state index in [0.717, 1.165) is 19.4 Å². The van der Waals surface area contributed by atoms with E-state index in [2.05, 4.69) is 55.8 Å². The molecule has 0 aromatic carbocycles. The second-order valence-corrected chi connectivity index (χ2v) is 5.66. The topological polar surface area (TPSA) is 29.9 Å². The van der Waals surface area contributed by atoms with E-state index in [1.54, 1.807) is 0 Å². The first kappa shape index (κ1) is 16.2. The summed E-state index contributed by atoms with van der Waals surface area (Å²) in [7, 11) is 0. The van der Waals surface area contributed by atoms with E-state index in [0.29, 0.717) is 12.1 Å². The Morgan fingerprint density at radius 2 is 2.00 bits per heavy atom. The summed E-state index contributed by atoms with van der Waals surface area (Å²) >= 11 is 0. The van der Waals surface area contributed by atoms with Crippen LogP contribution >= 0.6 is 0 Å². The quantitative estimate of drug-likeness (QED) is 0.740. The highest BCUT2D eigenvalue weighted by molar-refractivity contribution is 5.12. The van der Waals surface area contributed by atoms with E-state index in [1.807, 2.05) is 0 Å². The molecule has 0 saturated carbocycles. The predicted octanol–water partition coefficient (Wildman–Crippen LogP) is 3.56. The zero-order valence-corrected chi connectivity index (χ0v) is 13.4. The SMILES string of the molecule is CCCCC(Cc1cc(CC)nn1CC)NC(C)C. The molecule has 1 rings (SSSR count). The lowest BCUT2D eigenvalue weighted by atomic mass is 10.0. The van der Waals surface area contributed by atoms with Crippen LogP contribution in [-0.4, -0.2) is 21.9 Å². The Balaban J connectivity index is 2.73. The van der Waals surface area contributed by atoms with Crippen LogP contribution in [0.15, 0.2) is 6.07 Å². The number of hydrogen-bond acceptors (Lipinski definition) is 2. The maximum absolute atomic E-state index is 4.65. The Bertz CT molecular complexity index is 355. The van der Waals surface area contributed by atoms with Gasteiger partial charge in [0, 0.05) is 30.7 Å². The molecular formula is C16H31N3. The highest BCUT2D eigenvalue weighted by Crippen LogP contribution is 2.12. The lowest BCUT2D eigenvalue weighted by Crippen LogP contribution is -2.36. The summed E-state index contributed by atoms with van der Waals surface area (Å²) in [4.78, 5) is 0. The van der Waals surface area contributed by atoms with Crippen LogP contribution in [0, 0.1) is 0 Å². The molecule has 1 aromatic rings. The van der Waals surface area contributed by atoms with Crippen molar-refractivity contribution in [3.63, 3.8) is 0 Å². The fourth-order valence-electron chi connectivity index (χ4n) is 2.54. The summed E-state index contributed by atoms with van der Waals surface area (Å²) in [5.74, 6) is 0. The van der Waals surface area contributed by atoms with Crippen LogP contribution in [0.5, 0.6) is 0 Å². The van der Waals surface area contributed by atoms with Gasteiger partial charge < -0.3 is 5.32 Å². The third-order valence-electron chi connectivity index (χ3n) is 3.51. The van der Waals surface area contributed by atoms with Crippen molar-refractivity contribution >= 4 is 0 Å². The van der Waals surface area contributed by atoms with E-state index in [9.17, 15) is 0 Å². The summed E-state index contributed by atoms with van der Waals surface area (Å²) in [6, 6.07) is 3.40. The van der Waals surface area contributed by atoms with Crippen LogP contribution in [0.3, 0.4) is 0 Å². The Hall–Kier alpha value is -0.830. The largest absolute Gasteiger partial charge is 0.311 e. The van der Waals surface area contributed by atoms with E-state index >= 15 is 0 Å². The molecule has 110 valence electrons. The molecule has 0 spiro atoms. The minimum absolute atomic E-state index is 0.547. The molecule has 3 nitrogen and oxygen atoms in total. The molecule has 3 heteroatoms.